The minimum Gasteiger partial charge on any atom is -0.497 e. The molecule has 0 saturated heterocycles. The highest BCUT2D eigenvalue weighted by molar-refractivity contribution is 6.31. The fourth-order valence-electron chi connectivity index (χ4n) is 3.38. The molecular formula is C22H24ClN5O2. The van der Waals surface area contributed by atoms with E-state index in [1.54, 1.807) is 38.3 Å². The van der Waals surface area contributed by atoms with Gasteiger partial charge < -0.3 is 10.1 Å². The number of carbonyl (C=O) groups is 1. The zero-order chi connectivity index (χ0) is 21.8. The number of aliphatic imine (C=N–C) groups is 1. The normalized spacial score (nSPS) is 15.7. The van der Waals surface area contributed by atoms with Crippen LogP contribution in [-0.2, 0) is 4.79 Å². The first-order chi connectivity index (χ1) is 14.3. The monoisotopic (exact) mass is 425 g/mol. The molecule has 156 valence electrons. The Morgan fingerprint density at radius 3 is 2.57 bits per heavy atom. The minimum absolute atomic E-state index is 0.0126. The second-order valence-corrected chi connectivity index (χ2v) is 7.28. The van der Waals surface area contributed by atoms with Gasteiger partial charge in [-0.2, -0.15) is 0 Å². The van der Waals surface area contributed by atoms with Crippen molar-refractivity contribution in [2.24, 2.45) is 4.99 Å². The average Bonchev–Trinajstić information content (AvgIpc) is 2.83. The van der Waals surface area contributed by atoms with E-state index in [0.29, 0.717) is 34.3 Å². The van der Waals surface area contributed by atoms with E-state index in [-0.39, 0.29) is 24.0 Å². The van der Waals surface area contributed by atoms with Crippen molar-refractivity contribution >= 4 is 40.6 Å². The van der Waals surface area contributed by atoms with Crippen LogP contribution in [0.4, 0.5) is 5.69 Å². The van der Waals surface area contributed by atoms with Gasteiger partial charge in [0.15, 0.2) is 0 Å². The Morgan fingerprint density at radius 1 is 1.27 bits per heavy atom. The van der Waals surface area contributed by atoms with E-state index in [4.69, 9.17) is 32.1 Å². The lowest BCUT2D eigenvalue weighted by Crippen LogP contribution is -2.42. The molecule has 1 atom stereocenters. The molecule has 0 fully saturated rings. The predicted molar refractivity (Wildman–Crippen MR) is 121 cm³/mol. The largest absolute Gasteiger partial charge is 0.497 e. The van der Waals surface area contributed by atoms with Crippen LogP contribution in [0.25, 0.3) is 0 Å². The molecule has 2 aromatic carbocycles. The molecule has 3 N–H and O–H groups in total. The first kappa shape index (κ1) is 21.5. The lowest BCUT2D eigenvalue weighted by molar-refractivity contribution is -0.121. The summed E-state index contributed by atoms with van der Waals surface area (Å²) < 4.78 is 5.40. The van der Waals surface area contributed by atoms with Crippen LogP contribution in [-0.4, -0.2) is 43.0 Å². The van der Waals surface area contributed by atoms with Gasteiger partial charge in [0.25, 0.3) is 0 Å². The van der Waals surface area contributed by atoms with Crippen LogP contribution in [0.2, 0.25) is 5.02 Å². The number of anilines is 1. The first-order valence-electron chi connectivity index (χ1n) is 9.58. The van der Waals surface area contributed by atoms with E-state index in [2.05, 4.69) is 5.32 Å². The number of benzene rings is 2. The van der Waals surface area contributed by atoms with Crippen LogP contribution in [0.3, 0.4) is 0 Å². The summed E-state index contributed by atoms with van der Waals surface area (Å²) in [5.74, 6) is 0.674. The van der Waals surface area contributed by atoms with Crippen molar-refractivity contribution in [3.8, 4) is 5.75 Å². The Labute approximate surface area is 180 Å². The summed E-state index contributed by atoms with van der Waals surface area (Å²) in [6, 6.07) is 11.9. The molecule has 0 aromatic heterocycles. The Kier molecular flexibility index (Phi) is 6.52. The molecule has 30 heavy (non-hydrogen) atoms. The smallest absolute Gasteiger partial charge is 0.222 e. The maximum atomic E-state index is 12.3. The van der Waals surface area contributed by atoms with Gasteiger partial charge in [-0.15, -0.1) is 0 Å². The summed E-state index contributed by atoms with van der Waals surface area (Å²) >= 11 is 6.07. The highest BCUT2D eigenvalue weighted by atomic mass is 35.5. The van der Waals surface area contributed by atoms with E-state index in [1.807, 2.05) is 25.1 Å². The topological polar surface area (TPSA) is 102 Å². The molecule has 1 aliphatic rings. The van der Waals surface area contributed by atoms with Crippen LogP contribution in [0.1, 0.15) is 31.4 Å². The fourth-order valence-corrected chi connectivity index (χ4v) is 3.50. The number of carbonyl (C=O) groups excluding carboxylic acids is 1. The number of benzodiazepines with no additional fused rings is 1. The van der Waals surface area contributed by atoms with Crippen molar-refractivity contribution in [2.45, 2.75) is 26.3 Å². The van der Waals surface area contributed by atoms with E-state index in [1.165, 1.54) is 4.90 Å². The number of rotatable bonds is 5. The molecule has 0 aliphatic carbocycles. The number of amides is 1. The molecule has 7 nitrogen and oxygen atoms in total. The molecule has 1 aliphatic heterocycles. The average molecular weight is 426 g/mol. The van der Waals surface area contributed by atoms with Crippen LogP contribution in [0, 0.1) is 10.8 Å². The number of amidine groups is 2. The van der Waals surface area contributed by atoms with Gasteiger partial charge in [0.05, 0.1) is 24.9 Å². The van der Waals surface area contributed by atoms with Crippen molar-refractivity contribution in [2.75, 3.05) is 18.6 Å². The molecule has 3 rings (SSSR count). The van der Waals surface area contributed by atoms with Gasteiger partial charge in [-0.25, -0.2) is 0 Å². The van der Waals surface area contributed by atoms with Crippen molar-refractivity contribution in [1.29, 1.82) is 10.8 Å². The van der Waals surface area contributed by atoms with Crippen molar-refractivity contribution in [3.05, 3.63) is 58.6 Å². The fraction of sp³-hybridized carbons (Fsp3) is 0.273. The maximum Gasteiger partial charge on any atom is 0.222 e. The lowest BCUT2D eigenvalue weighted by Gasteiger charge is -2.26. The quantitative estimate of drug-likeness (QED) is 0.500. The SMILES string of the molecule is CCNC(=O)CC1N=C(c2ccc(Cl)cc2)c2cc(OC)ccc2N(C(C)=N)C1=N. The number of nitrogens with zero attached hydrogens (tertiary/aromatic N) is 2. The Hall–Kier alpha value is -3.19. The number of hydrogen-bond donors (Lipinski definition) is 3. The summed E-state index contributed by atoms with van der Waals surface area (Å²) in [6.45, 7) is 3.95. The molecular weight excluding hydrogens is 402 g/mol. The van der Waals surface area contributed by atoms with E-state index < -0.39 is 6.04 Å². The van der Waals surface area contributed by atoms with Gasteiger partial charge >= 0.3 is 0 Å². The first-order valence-corrected chi connectivity index (χ1v) is 9.96. The number of hydrogen-bond acceptors (Lipinski definition) is 5. The predicted octanol–water partition coefficient (Wildman–Crippen LogP) is 3.88. The number of halogens is 1. The van der Waals surface area contributed by atoms with Crippen molar-refractivity contribution < 1.29 is 9.53 Å². The summed E-state index contributed by atoms with van der Waals surface area (Å²) in [6.07, 6.45) is 0.0126. The zero-order valence-electron chi connectivity index (χ0n) is 17.1. The van der Waals surface area contributed by atoms with Gasteiger partial charge in [0.2, 0.25) is 5.91 Å². The number of nitrogens with one attached hydrogen (secondary N) is 3. The third-order valence-corrected chi connectivity index (χ3v) is 5.00. The van der Waals surface area contributed by atoms with Crippen molar-refractivity contribution in [1.82, 2.24) is 5.32 Å². The highest BCUT2D eigenvalue weighted by Gasteiger charge is 2.32. The minimum atomic E-state index is -0.749. The molecule has 0 saturated carbocycles. The number of ether oxygens (including phenoxy) is 1. The molecule has 2 aromatic rings. The van der Waals surface area contributed by atoms with Crippen LogP contribution in [0.15, 0.2) is 47.5 Å². The van der Waals surface area contributed by atoms with Gasteiger partial charge in [0.1, 0.15) is 23.5 Å². The molecule has 1 amide bonds. The Morgan fingerprint density at radius 2 is 1.97 bits per heavy atom. The van der Waals surface area contributed by atoms with Crippen LogP contribution in [0.5, 0.6) is 5.75 Å². The second-order valence-electron chi connectivity index (χ2n) is 6.85. The Balaban J connectivity index is 2.24. The van der Waals surface area contributed by atoms with Gasteiger partial charge in [-0.3, -0.25) is 25.5 Å². The van der Waals surface area contributed by atoms with Crippen LogP contribution < -0.4 is 15.0 Å². The van der Waals surface area contributed by atoms with Crippen LogP contribution >= 0.6 is 11.6 Å². The summed E-state index contributed by atoms with van der Waals surface area (Å²) in [5.41, 5.74) is 2.77. The molecule has 0 radical (unpaired) electrons. The van der Waals surface area contributed by atoms with E-state index >= 15 is 0 Å². The summed E-state index contributed by atoms with van der Waals surface area (Å²) in [5, 5.41) is 20.4. The molecule has 1 unspecified atom stereocenters. The number of fused-ring (bicyclic) bond motifs is 1. The van der Waals surface area contributed by atoms with Gasteiger partial charge in [-0.1, -0.05) is 23.7 Å². The second kappa shape index (κ2) is 9.09. The van der Waals surface area contributed by atoms with E-state index in [0.717, 1.165) is 5.56 Å². The Bertz CT molecular complexity index is 1020. The standard InChI is InChI=1S/C22H24ClN5O2/c1-4-26-20(29)12-18-22(25)28(13(2)24)19-10-9-16(30-3)11-17(19)21(27-18)14-5-7-15(23)8-6-14/h5-11,18,24-25H,4,12H2,1-3H3,(H,26,29). The van der Waals surface area contributed by atoms with Gasteiger partial charge in [-0.05, 0) is 44.2 Å². The molecule has 8 heteroatoms. The van der Waals surface area contributed by atoms with Gasteiger partial charge in [0, 0.05) is 22.7 Å². The van der Waals surface area contributed by atoms with E-state index in [9.17, 15) is 4.79 Å². The third-order valence-electron chi connectivity index (χ3n) is 4.75. The lowest BCUT2D eigenvalue weighted by atomic mass is 9.99. The van der Waals surface area contributed by atoms with Crippen molar-refractivity contribution in [3.63, 3.8) is 0 Å². The maximum absolute atomic E-state index is 12.3. The molecule has 1 heterocycles. The third kappa shape index (κ3) is 4.36. The molecule has 0 spiro atoms. The number of methoxy groups -OCH3 is 1. The summed E-state index contributed by atoms with van der Waals surface area (Å²) in [4.78, 5) is 18.7. The summed E-state index contributed by atoms with van der Waals surface area (Å²) in [7, 11) is 1.58. The molecule has 0 bridgehead atoms. The zero-order valence-corrected chi connectivity index (χ0v) is 17.9. The highest BCUT2D eigenvalue weighted by Crippen LogP contribution is 2.33.